The zero-order valence-corrected chi connectivity index (χ0v) is 16.1. The second-order valence-corrected chi connectivity index (χ2v) is 8.21. The Kier molecular flexibility index (Phi) is 4.65. The van der Waals surface area contributed by atoms with Gasteiger partial charge in [0.05, 0.1) is 16.3 Å². The molecular weight excluding hydrogens is 362 g/mol. The van der Waals surface area contributed by atoms with E-state index in [1.807, 2.05) is 23.1 Å². The van der Waals surface area contributed by atoms with Crippen molar-refractivity contribution in [3.05, 3.63) is 56.7 Å². The molecule has 0 aromatic carbocycles. The maximum absolute atomic E-state index is 12.9. The number of hydrogen-bond acceptors (Lipinski definition) is 5. The van der Waals surface area contributed by atoms with E-state index in [2.05, 4.69) is 27.1 Å². The van der Waals surface area contributed by atoms with Crippen LogP contribution in [0.1, 0.15) is 45.6 Å². The molecule has 7 nitrogen and oxygen atoms in total. The summed E-state index contributed by atoms with van der Waals surface area (Å²) < 4.78 is 0. The second kappa shape index (κ2) is 7.11. The fourth-order valence-electron chi connectivity index (χ4n) is 3.51. The fraction of sp³-hybridized carbons (Fsp3) is 0.368. The van der Waals surface area contributed by atoms with Crippen molar-refractivity contribution in [1.82, 2.24) is 25.1 Å². The molecule has 4 rings (SSSR count). The SMILES string of the molecule is Cc1nc([C@@H]2CCCN(C(=O)c3cc(-c4ccc(C)s4)[nH]n3)C2)cc(=O)[nH]1. The van der Waals surface area contributed by atoms with E-state index in [1.54, 1.807) is 18.3 Å². The summed E-state index contributed by atoms with van der Waals surface area (Å²) in [5.74, 6) is 0.586. The first-order valence-corrected chi connectivity index (χ1v) is 9.80. The smallest absolute Gasteiger partial charge is 0.274 e. The maximum atomic E-state index is 12.9. The number of aromatic amines is 2. The highest BCUT2D eigenvalue weighted by molar-refractivity contribution is 7.15. The monoisotopic (exact) mass is 383 g/mol. The van der Waals surface area contributed by atoms with Gasteiger partial charge in [-0.2, -0.15) is 5.10 Å². The largest absolute Gasteiger partial charge is 0.337 e. The van der Waals surface area contributed by atoms with Crippen molar-refractivity contribution in [2.45, 2.75) is 32.6 Å². The Labute approximate surface area is 160 Å². The first kappa shape index (κ1) is 17.7. The average molecular weight is 383 g/mol. The Balaban J connectivity index is 1.52. The predicted molar refractivity (Wildman–Crippen MR) is 104 cm³/mol. The van der Waals surface area contributed by atoms with Crippen LogP contribution >= 0.6 is 11.3 Å². The summed E-state index contributed by atoms with van der Waals surface area (Å²) in [7, 11) is 0. The normalized spacial score (nSPS) is 17.3. The molecule has 0 spiro atoms. The minimum Gasteiger partial charge on any atom is -0.337 e. The number of nitrogens with zero attached hydrogens (tertiary/aromatic N) is 3. The molecule has 0 radical (unpaired) electrons. The Hall–Kier alpha value is -2.74. The Morgan fingerprint density at radius 2 is 2.15 bits per heavy atom. The first-order chi connectivity index (χ1) is 13.0. The molecule has 1 amide bonds. The summed E-state index contributed by atoms with van der Waals surface area (Å²) in [6.07, 6.45) is 1.80. The minimum atomic E-state index is -0.149. The summed E-state index contributed by atoms with van der Waals surface area (Å²) in [6.45, 7) is 5.07. The molecule has 4 heterocycles. The van der Waals surface area contributed by atoms with Gasteiger partial charge in [0.25, 0.3) is 11.5 Å². The maximum Gasteiger partial charge on any atom is 0.274 e. The number of thiophene rings is 1. The van der Waals surface area contributed by atoms with Gasteiger partial charge in [0.2, 0.25) is 0 Å². The highest BCUT2D eigenvalue weighted by atomic mass is 32.1. The molecule has 2 N–H and O–H groups in total. The van der Waals surface area contributed by atoms with Crippen LogP contribution in [0.2, 0.25) is 0 Å². The number of amides is 1. The lowest BCUT2D eigenvalue weighted by Gasteiger charge is -2.32. The van der Waals surface area contributed by atoms with Gasteiger partial charge >= 0.3 is 0 Å². The van der Waals surface area contributed by atoms with Gasteiger partial charge in [-0.1, -0.05) is 0 Å². The molecule has 1 saturated heterocycles. The summed E-state index contributed by atoms with van der Waals surface area (Å²) in [6, 6.07) is 7.43. The molecule has 0 saturated carbocycles. The third-order valence-electron chi connectivity index (χ3n) is 4.81. The fourth-order valence-corrected chi connectivity index (χ4v) is 4.35. The van der Waals surface area contributed by atoms with Gasteiger partial charge in [-0.3, -0.25) is 14.7 Å². The highest BCUT2D eigenvalue weighted by Crippen LogP contribution is 2.28. The lowest BCUT2D eigenvalue weighted by molar-refractivity contribution is 0.0700. The standard InChI is InChI=1S/C19H21N5O2S/c1-11-5-6-17(27-11)15-8-16(23-22-15)19(26)24-7-3-4-13(10-24)14-9-18(25)21-12(2)20-14/h5-6,8-9,13H,3-4,7,10H2,1-2H3,(H,22,23)(H,20,21,25)/t13-/m1/s1. The van der Waals surface area contributed by atoms with E-state index in [0.717, 1.165) is 29.1 Å². The Bertz CT molecular complexity index is 1030. The molecule has 140 valence electrons. The first-order valence-electron chi connectivity index (χ1n) is 8.99. The van der Waals surface area contributed by atoms with E-state index in [-0.39, 0.29) is 17.4 Å². The van der Waals surface area contributed by atoms with Crippen LogP contribution in [0, 0.1) is 13.8 Å². The van der Waals surface area contributed by atoms with Gasteiger partial charge in [-0.25, -0.2) is 4.98 Å². The molecule has 1 aliphatic rings. The highest BCUT2D eigenvalue weighted by Gasteiger charge is 2.28. The summed E-state index contributed by atoms with van der Waals surface area (Å²) in [4.78, 5) is 35.9. The van der Waals surface area contributed by atoms with Crippen molar-refractivity contribution in [2.75, 3.05) is 13.1 Å². The van der Waals surface area contributed by atoms with Gasteiger partial charge < -0.3 is 9.88 Å². The number of piperidine rings is 1. The predicted octanol–water partition coefficient (Wildman–Crippen LogP) is 2.86. The van der Waals surface area contributed by atoms with E-state index in [0.29, 0.717) is 24.6 Å². The number of carbonyl (C=O) groups is 1. The number of hydrogen-bond donors (Lipinski definition) is 2. The van der Waals surface area contributed by atoms with E-state index >= 15 is 0 Å². The Morgan fingerprint density at radius 3 is 2.89 bits per heavy atom. The second-order valence-electron chi connectivity index (χ2n) is 6.92. The number of H-pyrrole nitrogens is 2. The zero-order valence-electron chi connectivity index (χ0n) is 15.3. The summed E-state index contributed by atoms with van der Waals surface area (Å²) >= 11 is 1.66. The van der Waals surface area contributed by atoms with Crippen LogP contribution < -0.4 is 5.56 Å². The molecule has 0 aliphatic carbocycles. The molecule has 1 aliphatic heterocycles. The summed E-state index contributed by atoms with van der Waals surface area (Å²) in [5.41, 5.74) is 1.89. The molecule has 0 bridgehead atoms. The van der Waals surface area contributed by atoms with E-state index < -0.39 is 0 Å². The quantitative estimate of drug-likeness (QED) is 0.727. The number of likely N-dealkylation sites (tertiary alicyclic amines) is 1. The van der Waals surface area contributed by atoms with Crippen LogP contribution in [0.4, 0.5) is 0 Å². The van der Waals surface area contributed by atoms with Crippen molar-refractivity contribution >= 4 is 17.2 Å². The van der Waals surface area contributed by atoms with E-state index in [9.17, 15) is 9.59 Å². The van der Waals surface area contributed by atoms with E-state index in [1.165, 1.54) is 10.9 Å². The van der Waals surface area contributed by atoms with Crippen molar-refractivity contribution in [1.29, 1.82) is 0 Å². The van der Waals surface area contributed by atoms with Crippen molar-refractivity contribution in [2.24, 2.45) is 0 Å². The van der Waals surface area contributed by atoms with Crippen LogP contribution in [-0.2, 0) is 0 Å². The van der Waals surface area contributed by atoms with Gasteiger partial charge in [-0.15, -0.1) is 11.3 Å². The number of carbonyl (C=O) groups excluding carboxylic acids is 1. The summed E-state index contributed by atoms with van der Waals surface area (Å²) in [5, 5.41) is 7.19. The van der Waals surface area contributed by atoms with Crippen LogP contribution in [-0.4, -0.2) is 44.1 Å². The molecule has 1 atom stereocenters. The average Bonchev–Trinajstić information content (AvgIpc) is 3.29. The molecular formula is C19H21N5O2S. The van der Waals surface area contributed by atoms with Crippen LogP contribution in [0.25, 0.3) is 10.6 Å². The lowest BCUT2D eigenvalue weighted by atomic mass is 9.94. The van der Waals surface area contributed by atoms with Gasteiger partial charge in [0.15, 0.2) is 5.69 Å². The van der Waals surface area contributed by atoms with Crippen molar-refractivity contribution in [3.8, 4) is 10.6 Å². The molecule has 3 aromatic rings. The molecule has 3 aromatic heterocycles. The zero-order chi connectivity index (χ0) is 19.0. The topological polar surface area (TPSA) is 94.7 Å². The van der Waals surface area contributed by atoms with Crippen LogP contribution in [0.15, 0.2) is 29.1 Å². The minimum absolute atomic E-state index is 0.0713. The molecule has 27 heavy (non-hydrogen) atoms. The van der Waals surface area contributed by atoms with Crippen molar-refractivity contribution in [3.63, 3.8) is 0 Å². The van der Waals surface area contributed by atoms with Gasteiger partial charge in [-0.05, 0) is 44.9 Å². The van der Waals surface area contributed by atoms with Crippen molar-refractivity contribution < 1.29 is 4.79 Å². The van der Waals surface area contributed by atoms with E-state index in [4.69, 9.17) is 0 Å². The third kappa shape index (κ3) is 3.71. The third-order valence-corrected chi connectivity index (χ3v) is 5.84. The molecule has 8 heteroatoms. The number of aryl methyl sites for hydroxylation is 2. The van der Waals surface area contributed by atoms with Gasteiger partial charge in [0, 0.05) is 30.0 Å². The van der Waals surface area contributed by atoms with Gasteiger partial charge in [0.1, 0.15) is 5.82 Å². The van der Waals surface area contributed by atoms with Crippen LogP contribution in [0.5, 0.6) is 0 Å². The number of nitrogens with one attached hydrogen (secondary N) is 2. The molecule has 0 unspecified atom stereocenters. The molecule has 1 fully saturated rings. The van der Waals surface area contributed by atoms with Crippen LogP contribution in [0.3, 0.4) is 0 Å². The number of rotatable bonds is 3. The Morgan fingerprint density at radius 1 is 1.30 bits per heavy atom. The lowest BCUT2D eigenvalue weighted by Crippen LogP contribution is -2.39. The number of aromatic nitrogens is 4.